The largest absolute Gasteiger partial charge is 0.397 e. The Balaban J connectivity index is 3.05. The van der Waals surface area contributed by atoms with Crippen LogP contribution >= 0.6 is 0 Å². The zero-order chi connectivity index (χ0) is 14.8. The summed E-state index contributed by atoms with van der Waals surface area (Å²) in [7, 11) is -7.02. The van der Waals surface area contributed by atoms with Crippen LogP contribution in [0.4, 0.5) is 5.69 Å². The minimum absolute atomic E-state index is 0.0148. The normalized spacial score (nSPS) is 12.6. The first-order valence-electron chi connectivity index (χ1n) is 5.57. The van der Waals surface area contributed by atoms with Gasteiger partial charge in [0.2, 0.25) is 10.0 Å². The van der Waals surface area contributed by atoms with E-state index in [1.807, 2.05) is 0 Å². The quantitative estimate of drug-likeness (QED) is 0.756. The molecule has 8 heteroatoms. The van der Waals surface area contributed by atoms with Crippen LogP contribution in [0, 0.1) is 13.8 Å². The molecule has 0 unspecified atom stereocenters. The molecule has 0 amide bonds. The first-order chi connectivity index (χ1) is 8.54. The molecule has 3 N–H and O–H groups in total. The number of anilines is 1. The number of sulfonamides is 1. The van der Waals surface area contributed by atoms with Gasteiger partial charge in [0.1, 0.15) is 14.7 Å². The van der Waals surface area contributed by atoms with Crippen molar-refractivity contribution in [2.24, 2.45) is 0 Å². The van der Waals surface area contributed by atoms with Gasteiger partial charge < -0.3 is 5.73 Å². The van der Waals surface area contributed by atoms with Gasteiger partial charge in [-0.15, -0.1) is 0 Å². The fraction of sp³-hybridized carbons (Fsp3) is 0.455. The molecule has 0 fully saturated rings. The van der Waals surface area contributed by atoms with Crippen molar-refractivity contribution in [3.8, 4) is 0 Å². The zero-order valence-corrected chi connectivity index (χ0v) is 12.7. The molecule has 108 valence electrons. The number of rotatable bonds is 5. The van der Waals surface area contributed by atoms with E-state index in [4.69, 9.17) is 5.73 Å². The molecule has 6 nitrogen and oxygen atoms in total. The summed E-state index contributed by atoms with van der Waals surface area (Å²) < 4.78 is 48.5. The first kappa shape index (κ1) is 15.9. The second kappa shape index (κ2) is 5.48. The lowest BCUT2D eigenvalue weighted by atomic mass is 10.1. The van der Waals surface area contributed by atoms with Gasteiger partial charge in [-0.3, -0.25) is 0 Å². The van der Waals surface area contributed by atoms with Crippen LogP contribution in [-0.2, 0) is 19.9 Å². The molecular formula is C11H18N2O4S2. The summed E-state index contributed by atoms with van der Waals surface area (Å²) in [4.78, 5) is 0.0148. The van der Waals surface area contributed by atoms with Gasteiger partial charge in [0.15, 0.2) is 0 Å². The van der Waals surface area contributed by atoms with E-state index in [-0.39, 0.29) is 22.9 Å². The van der Waals surface area contributed by atoms with Crippen LogP contribution in [0.1, 0.15) is 11.1 Å². The van der Waals surface area contributed by atoms with Crippen LogP contribution in [-0.4, -0.2) is 35.4 Å². The van der Waals surface area contributed by atoms with Gasteiger partial charge in [0, 0.05) is 12.8 Å². The number of nitrogens with one attached hydrogen (secondary N) is 1. The van der Waals surface area contributed by atoms with E-state index in [0.717, 1.165) is 6.26 Å². The minimum Gasteiger partial charge on any atom is -0.397 e. The second-order valence-electron chi connectivity index (χ2n) is 4.47. The second-order valence-corrected chi connectivity index (χ2v) is 8.43. The molecule has 1 rings (SSSR count). The highest BCUT2D eigenvalue weighted by Crippen LogP contribution is 2.25. The van der Waals surface area contributed by atoms with Gasteiger partial charge in [-0.05, 0) is 25.0 Å². The molecule has 0 atom stereocenters. The summed E-state index contributed by atoms with van der Waals surface area (Å²) in [5, 5.41) is 0. The van der Waals surface area contributed by atoms with Crippen LogP contribution < -0.4 is 10.5 Å². The molecule has 0 radical (unpaired) electrons. The Bertz CT molecular complexity index is 679. The molecule has 0 aromatic heterocycles. The van der Waals surface area contributed by atoms with Crippen LogP contribution in [0.25, 0.3) is 0 Å². The van der Waals surface area contributed by atoms with Gasteiger partial charge >= 0.3 is 0 Å². The molecule has 1 aromatic carbocycles. The molecule has 0 spiro atoms. The zero-order valence-electron chi connectivity index (χ0n) is 11.1. The Morgan fingerprint density at radius 1 is 1.11 bits per heavy atom. The van der Waals surface area contributed by atoms with Crippen molar-refractivity contribution in [3.05, 3.63) is 23.3 Å². The molecule has 0 aliphatic carbocycles. The SMILES string of the molecule is Cc1ccc(C)c(S(=O)(=O)NCCS(C)(=O)=O)c1N. The number of hydrogen-bond donors (Lipinski definition) is 2. The first-order valence-corrected chi connectivity index (χ1v) is 9.12. The highest BCUT2D eigenvalue weighted by Gasteiger charge is 2.21. The van der Waals surface area contributed by atoms with Crippen molar-refractivity contribution >= 4 is 25.5 Å². The summed E-state index contributed by atoms with van der Waals surface area (Å²) >= 11 is 0. The van der Waals surface area contributed by atoms with Crippen LogP contribution in [0.2, 0.25) is 0 Å². The van der Waals surface area contributed by atoms with Crippen molar-refractivity contribution in [2.45, 2.75) is 18.7 Å². The van der Waals surface area contributed by atoms with Crippen molar-refractivity contribution in [3.63, 3.8) is 0 Å². The van der Waals surface area contributed by atoms with Gasteiger partial charge in [-0.2, -0.15) is 0 Å². The van der Waals surface area contributed by atoms with Gasteiger partial charge in [0.05, 0.1) is 11.4 Å². The number of benzene rings is 1. The summed E-state index contributed by atoms with van der Waals surface area (Å²) in [6, 6.07) is 3.40. The third-order valence-electron chi connectivity index (χ3n) is 2.64. The van der Waals surface area contributed by atoms with E-state index in [2.05, 4.69) is 4.72 Å². The lowest BCUT2D eigenvalue weighted by molar-refractivity contribution is 0.581. The maximum Gasteiger partial charge on any atom is 0.242 e. The maximum absolute atomic E-state index is 12.1. The van der Waals surface area contributed by atoms with Crippen LogP contribution in [0.3, 0.4) is 0 Å². The topological polar surface area (TPSA) is 106 Å². The average molecular weight is 306 g/mol. The summed E-state index contributed by atoms with van der Waals surface area (Å²) in [6.07, 6.45) is 1.05. The predicted molar refractivity (Wildman–Crippen MR) is 75.2 cm³/mol. The van der Waals surface area contributed by atoms with Crippen LogP contribution in [0.15, 0.2) is 17.0 Å². The third-order valence-corrected chi connectivity index (χ3v) is 5.25. The molecule has 19 heavy (non-hydrogen) atoms. The Labute approximate surface area is 114 Å². The molecule has 0 saturated carbocycles. The molecule has 0 bridgehead atoms. The van der Waals surface area contributed by atoms with E-state index in [1.165, 1.54) is 0 Å². The third kappa shape index (κ3) is 4.19. The minimum atomic E-state index is -3.81. The van der Waals surface area contributed by atoms with Gasteiger partial charge in [-0.25, -0.2) is 21.6 Å². The fourth-order valence-electron chi connectivity index (χ4n) is 1.60. The summed E-state index contributed by atoms with van der Waals surface area (Å²) in [6.45, 7) is 3.18. The molecule has 0 aliphatic rings. The Hall–Kier alpha value is -1.12. The number of nitrogen functional groups attached to an aromatic ring is 1. The van der Waals surface area contributed by atoms with E-state index >= 15 is 0 Å². The summed E-state index contributed by atoms with van der Waals surface area (Å²) in [5.74, 6) is -0.253. The lowest BCUT2D eigenvalue weighted by Crippen LogP contribution is -2.30. The molecular weight excluding hydrogens is 288 g/mol. The number of sulfone groups is 1. The monoisotopic (exact) mass is 306 g/mol. The number of hydrogen-bond acceptors (Lipinski definition) is 5. The highest BCUT2D eigenvalue weighted by molar-refractivity contribution is 7.91. The van der Waals surface area contributed by atoms with Crippen molar-refractivity contribution in [1.82, 2.24) is 4.72 Å². The van der Waals surface area contributed by atoms with Gasteiger partial charge in [0.25, 0.3) is 0 Å². The molecule has 0 heterocycles. The standard InChI is InChI=1S/C11H18N2O4S2/c1-8-4-5-9(2)11(10(8)12)19(16,17)13-6-7-18(3,14)15/h4-5,13H,6-7,12H2,1-3H3. The maximum atomic E-state index is 12.1. The highest BCUT2D eigenvalue weighted by atomic mass is 32.2. The smallest absolute Gasteiger partial charge is 0.242 e. The Morgan fingerprint density at radius 3 is 2.16 bits per heavy atom. The average Bonchev–Trinajstić information content (AvgIpc) is 2.21. The number of aryl methyl sites for hydroxylation is 2. The van der Waals surface area contributed by atoms with E-state index < -0.39 is 19.9 Å². The van der Waals surface area contributed by atoms with E-state index in [1.54, 1.807) is 26.0 Å². The molecule has 1 aromatic rings. The Kier molecular flexibility index (Phi) is 4.59. The van der Waals surface area contributed by atoms with Gasteiger partial charge in [-0.1, -0.05) is 12.1 Å². The van der Waals surface area contributed by atoms with E-state index in [9.17, 15) is 16.8 Å². The van der Waals surface area contributed by atoms with Crippen molar-refractivity contribution < 1.29 is 16.8 Å². The van der Waals surface area contributed by atoms with Crippen LogP contribution in [0.5, 0.6) is 0 Å². The van der Waals surface area contributed by atoms with Crippen molar-refractivity contribution in [2.75, 3.05) is 24.3 Å². The lowest BCUT2D eigenvalue weighted by Gasteiger charge is -2.13. The number of nitrogens with two attached hydrogens (primary N) is 1. The van der Waals surface area contributed by atoms with E-state index in [0.29, 0.717) is 11.1 Å². The Morgan fingerprint density at radius 2 is 1.63 bits per heavy atom. The molecule has 0 aliphatic heterocycles. The summed E-state index contributed by atoms with van der Waals surface area (Å²) in [5.41, 5.74) is 7.16. The fourth-order valence-corrected chi connectivity index (χ4v) is 3.66. The molecule has 0 saturated heterocycles. The predicted octanol–water partition coefficient (Wildman–Crippen LogP) is 0.209. The van der Waals surface area contributed by atoms with Crippen molar-refractivity contribution in [1.29, 1.82) is 0 Å².